The molecule has 0 aliphatic rings. The van der Waals surface area contributed by atoms with Crippen molar-refractivity contribution in [2.24, 2.45) is 0 Å². The average Bonchev–Trinajstić information content (AvgIpc) is 2.77. The largest absolute Gasteiger partial charge is 0.543 e. The summed E-state index contributed by atoms with van der Waals surface area (Å²) in [7, 11) is 11.3. The Morgan fingerprint density at radius 1 is 0.897 bits per heavy atom. The van der Waals surface area contributed by atoms with Gasteiger partial charge in [-0.05, 0) is 45.9 Å². The third kappa shape index (κ3) is 10.3. The third-order valence-corrected chi connectivity index (χ3v) is 7.97. The standard InChI is InChI=1S/C18H20BN3O3S4/c19-25-18(24)8-7-17(23)22(11-13-26-28-15-5-1-3-9-20-15)12-14-27-29-16-6-2-4-10-21-16/h1-6,9-10H,7-8,11-14H2. The minimum absolute atomic E-state index is 0.0164. The van der Waals surface area contributed by atoms with Gasteiger partial charge in [0.15, 0.2) is 0 Å². The first-order valence-electron chi connectivity index (χ1n) is 8.77. The summed E-state index contributed by atoms with van der Waals surface area (Å²) in [4.78, 5) is 34.0. The predicted molar refractivity (Wildman–Crippen MR) is 123 cm³/mol. The van der Waals surface area contributed by atoms with Crippen molar-refractivity contribution in [2.45, 2.75) is 22.9 Å². The molecule has 0 N–H and O–H groups in total. The summed E-state index contributed by atoms with van der Waals surface area (Å²) in [5, 5.41) is 1.87. The van der Waals surface area contributed by atoms with Gasteiger partial charge in [-0.15, -0.1) is 0 Å². The summed E-state index contributed by atoms with van der Waals surface area (Å²) >= 11 is 0. The van der Waals surface area contributed by atoms with E-state index in [1.165, 1.54) is 0 Å². The number of carbonyl (C=O) groups is 2. The van der Waals surface area contributed by atoms with Gasteiger partial charge in [0.25, 0.3) is 5.97 Å². The Balaban J connectivity index is 1.76. The van der Waals surface area contributed by atoms with Crippen LogP contribution < -0.4 is 0 Å². The van der Waals surface area contributed by atoms with Crippen molar-refractivity contribution in [1.82, 2.24) is 14.9 Å². The van der Waals surface area contributed by atoms with Gasteiger partial charge >= 0.3 is 8.05 Å². The molecule has 0 aromatic carbocycles. The maximum absolute atomic E-state index is 12.5. The summed E-state index contributed by atoms with van der Waals surface area (Å²) in [6.07, 6.45) is 3.58. The lowest BCUT2D eigenvalue weighted by molar-refractivity contribution is -0.138. The quantitative estimate of drug-likeness (QED) is 0.249. The van der Waals surface area contributed by atoms with Crippen LogP contribution in [0.1, 0.15) is 12.8 Å². The molecule has 0 atom stereocenters. The highest BCUT2D eigenvalue weighted by molar-refractivity contribution is 8.77. The zero-order valence-corrected chi connectivity index (χ0v) is 18.9. The van der Waals surface area contributed by atoms with Crippen molar-refractivity contribution < 1.29 is 14.2 Å². The van der Waals surface area contributed by atoms with Crippen molar-refractivity contribution in [3.63, 3.8) is 0 Å². The molecular formula is C18H20BN3O3S4. The molecule has 2 heterocycles. The lowest BCUT2D eigenvalue weighted by atomic mass is 10.2. The van der Waals surface area contributed by atoms with Crippen LogP contribution in [0.5, 0.6) is 0 Å². The molecule has 2 rings (SSSR count). The fourth-order valence-electron chi connectivity index (χ4n) is 2.08. The number of aromatic nitrogens is 2. The van der Waals surface area contributed by atoms with Crippen molar-refractivity contribution in [2.75, 3.05) is 24.6 Å². The zero-order chi connectivity index (χ0) is 20.7. The molecule has 152 valence electrons. The zero-order valence-electron chi connectivity index (χ0n) is 15.6. The number of hydrogen-bond acceptors (Lipinski definition) is 9. The van der Waals surface area contributed by atoms with Crippen molar-refractivity contribution in [1.29, 1.82) is 0 Å². The van der Waals surface area contributed by atoms with E-state index in [4.69, 9.17) is 8.05 Å². The average molecular weight is 465 g/mol. The van der Waals surface area contributed by atoms with E-state index >= 15 is 0 Å². The summed E-state index contributed by atoms with van der Waals surface area (Å²) in [6, 6.07) is 11.5. The minimum atomic E-state index is -0.585. The van der Waals surface area contributed by atoms with Crippen LogP contribution in [0.4, 0.5) is 0 Å². The molecule has 2 radical (unpaired) electrons. The monoisotopic (exact) mass is 465 g/mol. The second-order valence-corrected chi connectivity index (χ2v) is 10.4. The Labute approximate surface area is 188 Å². The van der Waals surface area contributed by atoms with Gasteiger partial charge in [-0.25, -0.2) is 9.97 Å². The van der Waals surface area contributed by atoms with Crippen LogP contribution in [0, 0.1) is 0 Å². The van der Waals surface area contributed by atoms with Gasteiger partial charge in [0, 0.05) is 43.4 Å². The summed E-state index contributed by atoms with van der Waals surface area (Å²) in [5.41, 5.74) is 0. The van der Waals surface area contributed by atoms with Gasteiger partial charge < -0.3 is 9.55 Å². The molecule has 29 heavy (non-hydrogen) atoms. The second-order valence-electron chi connectivity index (χ2n) is 5.52. The molecule has 0 aliphatic carbocycles. The summed E-state index contributed by atoms with van der Waals surface area (Å²) < 4.78 is 4.14. The van der Waals surface area contributed by atoms with Crippen molar-refractivity contribution in [3.05, 3.63) is 48.8 Å². The molecule has 0 aliphatic heterocycles. The Hall–Kier alpha value is -1.30. The molecule has 1 amide bonds. The van der Waals surface area contributed by atoms with E-state index in [-0.39, 0.29) is 18.7 Å². The van der Waals surface area contributed by atoms with E-state index < -0.39 is 5.97 Å². The Kier molecular flexibility index (Phi) is 12.1. The van der Waals surface area contributed by atoms with Crippen LogP contribution in [0.2, 0.25) is 0 Å². The fraction of sp³-hybridized carbons (Fsp3) is 0.333. The molecule has 6 nitrogen and oxygen atoms in total. The van der Waals surface area contributed by atoms with Crippen molar-refractivity contribution in [3.8, 4) is 0 Å². The molecule has 0 spiro atoms. The van der Waals surface area contributed by atoms with E-state index in [2.05, 4.69) is 14.6 Å². The molecule has 0 bridgehead atoms. The summed E-state index contributed by atoms with van der Waals surface area (Å²) in [6.45, 7) is 1.19. The fourth-order valence-corrected chi connectivity index (χ4v) is 5.82. The predicted octanol–water partition coefficient (Wildman–Crippen LogP) is 3.89. The molecule has 0 saturated carbocycles. The van der Waals surface area contributed by atoms with Gasteiger partial charge in [-0.3, -0.25) is 9.59 Å². The smallest absolute Gasteiger partial charge is 0.378 e. The Bertz CT molecular complexity index is 696. The van der Waals surface area contributed by atoms with Crippen LogP contribution in [0.25, 0.3) is 0 Å². The van der Waals surface area contributed by atoms with E-state index in [9.17, 15) is 9.59 Å². The molecule has 11 heteroatoms. The van der Waals surface area contributed by atoms with Crippen LogP contribution >= 0.6 is 43.2 Å². The van der Waals surface area contributed by atoms with Gasteiger partial charge in [0.2, 0.25) is 5.91 Å². The number of pyridine rings is 2. The van der Waals surface area contributed by atoms with Gasteiger partial charge in [0.1, 0.15) is 10.1 Å². The number of rotatable bonds is 13. The lowest BCUT2D eigenvalue weighted by Crippen LogP contribution is -2.35. The van der Waals surface area contributed by atoms with E-state index in [1.807, 2.05) is 36.4 Å². The number of hydrogen-bond donors (Lipinski definition) is 0. The maximum atomic E-state index is 12.5. The molecule has 0 fully saturated rings. The highest BCUT2D eigenvalue weighted by Crippen LogP contribution is 2.30. The van der Waals surface area contributed by atoms with Crippen LogP contribution in [0.15, 0.2) is 58.8 Å². The van der Waals surface area contributed by atoms with E-state index in [0.29, 0.717) is 13.1 Å². The van der Waals surface area contributed by atoms with Crippen LogP contribution in [-0.4, -0.2) is 59.4 Å². The molecule has 2 aromatic rings. The first-order chi connectivity index (χ1) is 14.2. The highest BCUT2D eigenvalue weighted by atomic mass is 33.1. The second kappa shape index (κ2) is 14.7. The highest BCUT2D eigenvalue weighted by Gasteiger charge is 2.15. The Morgan fingerprint density at radius 2 is 1.45 bits per heavy atom. The number of nitrogens with zero attached hydrogens (tertiary/aromatic N) is 3. The van der Waals surface area contributed by atoms with Crippen LogP contribution in [-0.2, 0) is 14.2 Å². The van der Waals surface area contributed by atoms with Gasteiger partial charge in [0.05, 0.1) is 6.42 Å². The van der Waals surface area contributed by atoms with E-state index in [0.717, 1.165) is 21.6 Å². The SMILES string of the molecule is [B]OC(=O)CCC(=O)N(CCSSc1ccccn1)CCSSc1ccccn1. The normalized spacial score (nSPS) is 10.5. The first-order valence-corrected chi connectivity index (χ1v) is 13.4. The lowest BCUT2D eigenvalue weighted by Gasteiger charge is -2.22. The third-order valence-electron chi connectivity index (χ3n) is 3.48. The topological polar surface area (TPSA) is 72.4 Å². The van der Waals surface area contributed by atoms with Crippen LogP contribution in [0.3, 0.4) is 0 Å². The first kappa shape index (κ1) is 24.0. The van der Waals surface area contributed by atoms with Gasteiger partial charge in [-0.2, -0.15) is 0 Å². The molecule has 0 saturated heterocycles. The number of amides is 1. The van der Waals surface area contributed by atoms with Crippen molar-refractivity contribution >= 4 is 63.1 Å². The minimum Gasteiger partial charge on any atom is -0.543 e. The number of carbonyl (C=O) groups excluding carboxylic acids is 2. The molecule has 2 aromatic heterocycles. The summed E-state index contributed by atoms with van der Waals surface area (Å²) in [5.74, 6) is 0.847. The van der Waals surface area contributed by atoms with E-state index in [1.54, 1.807) is 60.5 Å². The van der Waals surface area contributed by atoms with Gasteiger partial charge in [-0.1, -0.05) is 33.7 Å². The Morgan fingerprint density at radius 3 is 1.90 bits per heavy atom. The maximum Gasteiger partial charge on any atom is 0.378 e. The molecular weight excluding hydrogens is 445 g/mol. The molecule has 0 unspecified atom stereocenters.